The quantitative estimate of drug-likeness (QED) is 0.864. The predicted octanol–water partition coefficient (Wildman–Crippen LogP) is 2.49. The van der Waals surface area contributed by atoms with Crippen molar-refractivity contribution in [3.63, 3.8) is 0 Å². The van der Waals surface area contributed by atoms with E-state index in [0.29, 0.717) is 0 Å². The maximum atomic E-state index is 11.6. The lowest BCUT2D eigenvalue weighted by molar-refractivity contribution is 0.109. The Morgan fingerprint density at radius 2 is 1.94 bits per heavy atom. The minimum absolute atomic E-state index is 0.0114. The topological polar surface area (TPSA) is 58.6 Å². The predicted molar refractivity (Wildman–Crippen MR) is 70.2 cm³/mol. The van der Waals surface area contributed by atoms with Crippen molar-refractivity contribution in [2.75, 3.05) is 13.2 Å². The molecule has 0 fully saturated rings. The molecule has 0 aliphatic rings. The first-order valence-electron chi connectivity index (χ1n) is 6.04. The van der Waals surface area contributed by atoms with E-state index in [2.05, 4.69) is 26.1 Å². The largest absolute Gasteiger partial charge is 0.447 e. The number of amides is 1. The van der Waals surface area contributed by atoms with Gasteiger partial charge in [0.2, 0.25) is 0 Å². The number of nitrogens with one attached hydrogen (secondary N) is 1. The van der Waals surface area contributed by atoms with Crippen molar-refractivity contribution < 1.29 is 14.6 Å². The van der Waals surface area contributed by atoms with Gasteiger partial charge in [0.05, 0.1) is 12.6 Å². The van der Waals surface area contributed by atoms with Crippen molar-refractivity contribution >= 4 is 6.09 Å². The van der Waals surface area contributed by atoms with E-state index in [1.165, 1.54) is 0 Å². The molecular formula is C14H21NO3. The lowest BCUT2D eigenvalue weighted by Crippen LogP contribution is -2.37. The molecule has 1 aromatic carbocycles. The van der Waals surface area contributed by atoms with Crippen molar-refractivity contribution in [1.82, 2.24) is 5.32 Å². The molecule has 0 saturated carbocycles. The zero-order valence-corrected chi connectivity index (χ0v) is 11.1. The molecule has 0 spiro atoms. The first-order valence-corrected chi connectivity index (χ1v) is 6.04. The van der Waals surface area contributed by atoms with E-state index >= 15 is 0 Å². The van der Waals surface area contributed by atoms with Gasteiger partial charge in [-0.25, -0.2) is 4.79 Å². The molecule has 1 aromatic rings. The molecule has 1 unspecified atom stereocenters. The molecule has 1 rings (SSSR count). The Labute approximate surface area is 108 Å². The number of carbonyl (C=O) groups is 1. The average molecular weight is 251 g/mol. The van der Waals surface area contributed by atoms with Crippen LogP contribution in [-0.2, 0) is 4.74 Å². The highest BCUT2D eigenvalue weighted by Crippen LogP contribution is 2.32. The third kappa shape index (κ3) is 4.37. The summed E-state index contributed by atoms with van der Waals surface area (Å²) in [5.41, 5.74) is 0.908. The first-order chi connectivity index (χ1) is 8.45. The zero-order chi connectivity index (χ0) is 13.6. The van der Waals surface area contributed by atoms with Gasteiger partial charge in [-0.2, -0.15) is 0 Å². The molecule has 2 N–H and O–H groups in total. The van der Waals surface area contributed by atoms with Gasteiger partial charge in [-0.15, -0.1) is 0 Å². The number of hydrogen-bond donors (Lipinski definition) is 2. The van der Waals surface area contributed by atoms with Crippen LogP contribution in [0.5, 0.6) is 0 Å². The SMILES string of the molecule is CC(C)(C)C(NC(=O)OCCO)c1ccccc1. The number of carbonyl (C=O) groups excluding carboxylic acids is 1. The van der Waals surface area contributed by atoms with Crippen molar-refractivity contribution in [3.8, 4) is 0 Å². The van der Waals surface area contributed by atoms with E-state index < -0.39 is 6.09 Å². The van der Waals surface area contributed by atoms with E-state index in [9.17, 15) is 4.79 Å². The van der Waals surface area contributed by atoms with Crippen molar-refractivity contribution in [3.05, 3.63) is 35.9 Å². The number of ether oxygens (including phenoxy) is 1. The van der Waals surface area contributed by atoms with Crippen LogP contribution in [-0.4, -0.2) is 24.4 Å². The van der Waals surface area contributed by atoms with Gasteiger partial charge in [0.15, 0.2) is 0 Å². The van der Waals surface area contributed by atoms with Gasteiger partial charge in [-0.05, 0) is 11.0 Å². The Kier molecular flexibility index (Phi) is 5.16. The Morgan fingerprint density at radius 3 is 2.44 bits per heavy atom. The fourth-order valence-corrected chi connectivity index (χ4v) is 1.74. The summed E-state index contributed by atoms with van der Waals surface area (Å²) in [6.07, 6.45) is -0.507. The summed E-state index contributed by atoms with van der Waals surface area (Å²) in [6.45, 7) is 6.00. The molecule has 0 saturated heterocycles. The molecular weight excluding hydrogens is 230 g/mol. The second kappa shape index (κ2) is 6.40. The van der Waals surface area contributed by atoms with Gasteiger partial charge in [-0.3, -0.25) is 0 Å². The summed E-state index contributed by atoms with van der Waals surface area (Å²) in [4.78, 5) is 11.6. The van der Waals surface area contributed by atoms with E-state index in [0.717, 1.165) is 5.56 Å². The normalized spacial score (nSPS) is 12.9. The number of rotatable bonds is 4. The van der Waals surface area contributed by atoms with E-state index in [-0.39, 0.29) is 24.7 Å². The number of hydrogen-bond acceptors (Lipinski definition) is 3. The third-order valence-electron chi connectivity index (χ3n) is 2.59. The lowest BCUT2D eigenvalue weighted by atomic mass is 9.82. The van der Waals surface area contributed by atoms with Crippen LogP contribution in [0.3, 0.4) is 0 Å². The zero-order valence-electron chi connectivity index (χ0n) is 11.1. The molecule has 0 bridgehead atoms. The van der Waals surface area contributed by atoms with Crippen LogP contribution in [0.25, 0.3) is 0 Å². The van der Waals surface area contributed by atoms with Crippen LogP contribution in [0.4, 0.5) is 4.79 Å². The molecule has 0 heterocycles. The van der Waals surface area contributed by atoms with Crippen LogP contribution in [0.15, 0.2) is 30.3 Å². The van der Waals surface area contributed by atoms with Crippen LogP contribution < -0.4 is 5.32 Å². The van der Waals surface area contributed by atoms with Crippen LogP contribution in [0.1, 0.15) is 32.4 Å². The van der Waals surface area contributed by atoms with Gasteiger partial charge in [0.1, 0.15) is 6.61 Å². The second-order valence-corrected chi connectivity index (χ2v) is 5.21. The summed E-state index contributed by atoms with van der Waals surface area (Å²) in [7, 11) is 0. The highest BCUT2D eigenvalue weighted by molar-refractivity contribution is 5.68. The van der Waals surface area contributed by atoms with Gasteiger partial charge in [0.25, 0.3) is 0 Å². The molecule has 4 heteroatoms. The highest BCUT2D eigenvalue weighted by Gasteiger charge is 2.28. The molecule has 1 amide bonds. The average Bonchev–Trinajstić information content (AvgIpc) is 2.33. The Bertz CT molecular complexity index is 370. The Balaban J connectivity index is 2.78. The molecule has 4 nitrogen and oxygen atoms in total. The van der Waals surface area contributed by atoms with E-state index in [1.54, 1.807) is 0 Å². The fourth-order valence-electron chi connectivity index (χ4n) is 1.74. The lowest BCUT2D eigenvalue weighted by Gasteiger charge is -2.31. The monoisotopic (exact) mass is 251 g/mol. The van der Waals surface area contributed by atoms with E-state index in [1.807, 2.05) is 30.3 Å². The molecule has 0 aliphatic carbocycles. The molecule has 18 heavy (non-hydrogen) atoms. The molecule has 0 aliphatic heterocycles. The van der Waals surface area contributed by atoms with Crippen molar-refractivity contribution in [1.29, 1.82) is 0 Å². The maximum Gasteiger partial charge on any atom is 0.407 e. The van der Waals surface area contributed by atoms with E-state index in [4.69, 9.17) is 9.84 Å². The number of aliphatic hydroxyl groups is 1. The van der Waals surface area contributed by atoms with Crippen LogP contribution in [0, 0.1) is 5.41 Å². The number of alkyl carbamates (subject to hydrolysis) is 1. The van der Waals surface area contributed by atoms with Crippen LogP contribution in [0.2, 0.25) is 0 Å². The van der Waals surface area contributed by atoms with Crippen molar-refractivity contribution in [2.24, 2.45) is 5.41 Å². The molecule has 1 atom stereocenters. The summed E-state index contributed by atoms with van der Waals surface area (Å²) < 4.78 is 4.84. The standard InChI is InChI=1S/C14H21NO3/c1-14(2,3)12(11-7-5-4-6-8-11)15-13(17)18-10-9-16/h4-8,12,16H,9-10H2,1-3H3,(H,15,17). The minimum Gasteiger partial charge on any atom is -0.447 e. The molecule has 0 aromatic heterocycles. The fraction of sp³-hybridized carbons (Fsp3) is 0.500. The van der Waals surface area contributed by atoms with Crippen molar-refractivity contribution in [2.45, 2.75) is 26.8 Å². The maximum absolute atomic E-state index is 11.6. The summed E-state index contributed by atoms with van der Waals surface area (Å²) in [5.74, 6) is 0. The van der Waals surface area contributed by atoms with Gasteiger partial charge >= 0.3 is 6.09 Å². The summed E-state index contributed by atoms with van der Waals surface area (Å²) in [6, 6.07) is 9.63. The summed E-state index contributed by atoms with van der Waals surface area (Å²) in [5, 5.41) is 11.5. The van der Waals surface area contributed by atoms with Gasteiger partial charge < -0.3 is 15.2 Å². The van der Waals surface area contributed by atoms with Gasteiger partial charge in [0, 0.05) is 0 Å². The number of aliphatic hydroxyl groups excluding tert-OH is 1. The number of benzene rings is 1. The van der Waals surface area contributed by atoms with Crippen LogP contribution >= 0.6 is 0 Å². The first kappa shape index (κ1) is 14.5. The Hall–Kier alpha value is -1.55. The Morgan fingerprint density at radius 1 is 1.33 bits per heavy atom. The third-order valence-corrected chi connectivity index (χ3v) is 2.59. The molecule has 100 valence electrons. The minimum atomic E-state index is -0.507. The molecule has 0 radical (unpaired) electrons. The highest BCUT2D eigenvalue weighted by atomic mass is 16.6. The second-order valence-electron chi connectivity index (χ2n) is 5.21. The summed E-state index contributed by atoms with van der Waals surface area (Å²) >= 11 is 0. The van der Waals surface area contributed by atoms with Gasteiger partial charge in [-0.1, -0.05) is 51.1 Å². The smallest absolute Gasteiger partial charge is 0.407 e.